The van der Waals surface area contributed by atoms with Gasteiger partial charge in [0, 0.05) is 15.2 Å². The van der Waals surface area contributed by atoms with Gasteiger partial charge in [-0.3, -0.25) is 0 Å². The van der Waals surface area contributed by atoms with Crippen molar-refractivity contribution in [2.75, 3.05) is 0 Å². The van der Waals surface area contributed by atoms with Crippen molar-refractivity contribution in [2.45, 2.75) is 26.4 Å². The molecule has 1 N–H and O–H groups in total. The van der Waals surface area contributed by atoms with E-state index in [1.54, 1.807) is 0 Å². The summed E-state index contributed by atoms with van der Waals surface area (Å²) in [6.45, 7) is 4.80. The SMILES string of the molecule is CC(C)NCc1noc(-c2ccc(I)cc2)n1. The van der Waals surface area contributed by atoms with E-state index in [0.717, 1.165) is 5.56 Å². The van der Waals surface area contributed by atoms with Crippen LogP contribution in [0.4, 0.5) is 0 Å². The molecule has 0 fully saturated rings. The lowest BCUT2D eigenvalue weighted by molar-refractivity contribution is 0.417. The minimum Gasteiger partial charge on any atom is -0.334 e. The van der Waals surface area contributed by atoms with Crippen molar-refractivity contribution in [3.63, 3.8) is 0 Å². The van der Waals surface area contributed by atoms with E-state index in [-0.39, 0.29) is 0 Å². The molecule has 2 rings (SSSR count). The van der Waals surface area contributed by atoms with Gasteiger partial charge in [-0.25, -0.2) is 0 Å². The van der Waals surface area contributed by atoms with Crippen LogP contribution in [0.2, 0.25) is 0 Å². The van der Waals surface area contributed by atoms with Gasteiger partial charge >= 0.3 is 0 Å². The minimum absolute atomic E-state index is 0.412. The maximum atomic E-state index is 5.22. The molecule has 0 radical (unpaired) electrons. The third-order valence-corrected chi connectivity index (χ3v) is 2.95. The van der Waals surface area contributed by atoms with Crippen LogP contribution in [-0.2, 0) is 6.54 Å². The number of hydrogen-bond acceptors (Lipinski definition) is 4. The fourth-order valence-electron chi connectivity index (χ4n) is 1.33. The number of rotatable bonds is 4. The van der Waals surface area contributed by atoms with E-state index in [2.05, 4.69) is 51.9 Å². The van der Waals surface area contributed by atoms with Crippen LogP contribution in [-0.4, -0.2) is 16.2 Å². The van der Waals surface area contributed by atoms with E-state index in [4.69, 9.17) is 4.52 Å². The fraction of sp³-hybridized carbons (Fsp3) is 0.333. The molecule has 0 aliphatic rings. The van der Waals surface area contributed by atoms with Gasteiger partial charge in [0.25, 0.3) is 5.89 Å². The number of halogens is 1. The Bertz CT molecular complexity index is 479. The molecule has 4 nitrogen and oxygen atoms in total. The number of benzene rings is 1. The fourth-order valence-corrected chi connectivity index (χ4v) is 1.69. The van der Waals surface area contributed by atoms with Gasteiger partial charge in [-0.15, -0.1) is 0 Å². The van der Waals surface area contributed by atoms with E-state index in [1.165, 1.54) is 3.57 Å². The van der Waals surface area contributed by atoms with Crippen LogP contribution < -0.4 is 5.32 Å². The van der Waals surface area contributed by atoms with Crippen molar-refractivity contribution in [3.05, 3.63) is 33.7 Å². The highest BCUT2D eigenvalue weighted by molar-refractivity contribution is 14.1. The first kappa shape index (κ1) is 12.5. The highest BCUT2D eigenvalue weighted by Gasteiger charge is 2.08. The molecule has 2 aromatic rings. The summed E-state index contributed by atoms with van der Waals surface area (Å²) < 4.78 is 6.41. The smallest absolute Gasteiger partial charge is 0.257 e. The lowest BCUT2D eigenvalue weighted by Crippen LogP contribution is -2.22. The lowest BCUT2D eigenvalue weighted by Gasteiger charge is -2.03. The Morgan fingerprint density at radius 1 is 1.29 bits per heavy atom. The second-order valence-electron chi connectivity index (χ2n) is 4.06. The average Bonchev–Trinajstić information content (AvgIpc) is 2.76. The van der Waals surface area contributed by atoms with E-state index in [9.17, 15) is 0 Å². The second kappa shape index (κ2) is 5.59. The Hall–Kier alpha value is -0.950. The van der Waals surface area contributed by atoms with Crippen LogP contribution in [0, 0.1) is 3.57 Å². The molecule has 0 atom stereocenters. The highest BCUT2D eigenvalue weighted by atomic mass is 127. The van der Waals surface area contributed by atoms with Gasteiger partial charge in [0.2, 0.25) is 0 Å². The molecule has 5 heteroatoms. The zero-order chi connectivity index (χ0) is 12.3. The van der Waals surface area contributed by atoms with Crippen LogP contribution >= 0.6 is 22.6 Å². The molecule has 0 spiro atoms. The Morgan fingerprint density at radius 3 is 2.65 bits per heavy atom. The summed E-state index contributed by atoms with van der Waals surface area (Å²) in [6.07, 6.45) is 0. The molecule has 0 amide bonds. The van der Waals surface area contributed by atoms with Crippen molar-refractivity contribution < 1.29 is 4.52 Å². The summed E-state index contributed by atoms with van der Waals surface area (Å²) in [6, 6.07) is 8.41. The molecule has 1 aromatic carbocycles. The lowest BCUT2D eigenvalue weighted by atomic mass is 10.2. The van der Waals surface area contributed by atoms with E-state index in [1.807, 2.05) is 24.3 Å². The summed E-state index contributed by atoms with van der Waals surface area (Å²) in [5.41, 5.74) is 0.953. The van der Waals surface area contributed by atoms with Crippen LogP contribution in [0.1, 0.15) is 19.7 Å². The number of hydrogen-bond donors (Lipinski definition) is 1. The largest absolute Gasteiger partial charge is 0.334 e. The van der Waals surface area contributed by atoms with Gasteiger partial charge in [-0.2, -0.15) is 4.98 Å². The van der Waals surface area contributed by atoms with E-state index < -0.39 is 0 Å². The molecule has 0 aliphatic heterocycles. The standard InChI is InChI=1S/C12H14IN3O/c1-8(2)14-7-11-15-12(17-16-11)9-3-5-10(13)6-4-9/h3-6,8,14H,7H2,1-2H3. The van der Waals surface area contributed by atoms with E-state index >= 15 is 0 Å². The summed E-state index contributed by atoms with van der Waals surface area (Å²) in [7, 11) is 0. The predicted octanol–water partition coefficient (Wildman–Crippen LogP) is 2.84. The average molecular weight is 343 g/mol. The molecule has 0 saturated carbocycles. The molecule has 0 aliphatic carbocycles. The van der Waals surface area contributed by atoms with Crippen molar-refractivity contribution in [3.8, 4) is 11.5 Å². The Morgan fingerprint density at radius 2 is 2.00 bits per heavy atom. The molecule has 90 valence electrons. The number of aromatic nitrogens is 2. The highest BCUT2D eigenvalue weighted by Crippen LogP contribution is 2.18. The third kappa shape index (κ3) is 3.50. The molecule has 1 aromatic heterocycles. The van der Waals surface area contributed by atoms with Crippen LogP contribution in [0.15, 0.2) is 28.8 Å². The monoisotopic (exact) mass is 343 g/mol. The van der Waals surface area contributed by atoms with Crippen molar-refractivity contribution in [1.82, 2.24) is 15.5 Å². The molecule has 17 heavy (non-hydrogen) atoms. The van der Waals surface area contributed by atoms with Gasteiger partial charge in [0.15, 0.2) is 5.82 Å². The zero-order valence-electron chi connectivity index (χ0n) is 9.77. The first-order valence-electron chi connectivity index (χ1n) is 5.47. The third-order valence-electron chi connectivity index (χ3n) is 2.23. The molecular weight excluding hydrogens is 329 g/mol. The molecular formula is C12H14IN3O. The second-order valence-corrected chi connectivity index (χ2v) is 5.30. The summed E-state index contributed by atoms with van der Waals surface area (Å²) in [4.78, 5) is 4.34. The van der Waals surface area contributed by atoms with Crippen molar-refractivity contribution >= 4 is 22.6 Å². The van der Waals surface area contributed by atoms with E-state index in [0.29, 0.717) is 24.3 Å². The summed E-state index contributed by atoms with van der Waals surface area (Å²) >= 11 is 2.26. The predicted molar refractivity (Wildman–Crippen MR) is 74.4 cm³/mol. The number of nitrogens with one attached hydrogen (secondary N) is 1. The summed E-state index contributed by atoms with van der Waals surface area (Å²) in [5.74, 6) is 1.26. The molecule has 0 saturated heterocycles. The molecule has 0 unspecified atom stereocenters. The first-order chi connectivity index (χ1) is 8.15. The Kier molecular flexibility index (Phi) is 4.11. The van der Waals surface area contributed by atoms with Crippen LogP contribution in [0.5, 0.6) is 0 Å². The van der Waals surface area contributed by atoms with Gasteiger partial charge < -0.3 is 9.84 Å². The number of nitrogens with zero attached hydrogens (tertiary/aromatic N) is 2. The topological polar surface area (TPSA) is 51.0 Å². The zero-order valence-corrected chi connectivity index (χ0v) is 11.9. The normalized spacial score (nSPS) is 11.1. The van der Waals surface area contributed by atoms with Crippen LogP contribution in [0.3, 0.4) is 0 Å². The summed E-state index contributed by atoms with van der Waals surface area (Å²) in [5, 5.41) is 7.19. The Balaban J connectivity index is 2.10. The van der Waals surface area contributed by atoms with Crippen LogP contribution in [0.25, 0.3) is 11.5 Å². The quantitative estimate of drug-likeness (QED) is 0.868. The maximum Gasteiger partial charge on any atom is 0.257 e. The Labute approximate surface area is 114 Å². The van der Waals surface area contributed by atoms with Gasteiger partial charge in [-0.1, -0.05) is 19.0 Å². The van der Waals surface area contributed by atoms with Gasteiger partial charge in [0.1, 0.15) is 0 Å². The molecule has 0 bridgehead atoms. The van der Waals surface area contributed by atoms with Crippen molar-refractivity contribution in [1.29, 1.82) is 0 Å². The van der Waals surface area contributed by atoms with Gasteiger partial charge in [0.05, 0.1) is 6.54 Å². The first-order valence-corrected chi connectivity index (χ1v) is 6.55. The minimum atomic E-state index is 0.412. The van der Waals surface area contributed by atoms with Crippen molar-refractivity contribution in [2.24, 2.45) is 0 Å². The molecule has 1 heterocycles. The van der Waals surface area contributed by atoms with Gasteiger partial charge in [-0.05, 0) is 46.9 Å². The maximum absolute atomic E-state index is 5.22.